The van der Waals surface area contributed by atoms with Crippen molar-refractivity contribution >= 4 is 22.7 Å². The average molecular weight is 465 g/mol. The molecule has 2 aromatic rings. The molecule has 1 N–H and O–H groups in total. The number of benzene rings is 1. The van der Waals surface area contributed by atoms with Crippen molar-refractivity contribution in [2.24, 2.45) is 0 Å². The Morgan fingerprint density at radius 1 is 1.09 bits per heavy atom. The fraction of sp³-hybridized carbons (Fsp3) is 0.630. The fourth-order valence-electron chi connectivity index (χ4n) is 4.78. The standard InChI is InChI=1S/C27H40N6O/c1-5-32-17-12-22(13-18-32)28-26-23-20-25(34-4)21(11-7-10-14-31(2)3)19-24(23)29-27(30-26)33-15-8-6-9-16-33/h19-20,22H,5-6,8-10,12-18H2,1-4H3,(H,28,29,30). The van der Waals surface area contributed by atoms with E-state index < -0.39 is 0 Å². The Kier molecular flexibility index (Phi) is 8.47. The molecule has 184 valence electrons. The minimum Gasteiger partial charge on any atom is -0.495 e. The Labute approximate surface area is 204 Å². The summed E-state index contributed by atoms with van der Waals surface area (Å²) in [6, 6.07) is 4.57. The summed E-state index contributed by atoms with van der Waals surface area (Å²) in [7, 11) is 5.85. The molecule has 0 bridgehead atoms. The molecule has 4 rings (SSSR count). The highest BCUT2D eigenvalue weighted by atomic mass is 16.5. The van der Waals surface area contributed by atoms with Crippen LogP contribution in [0.4, 0.5) is 11.8 Å². The van der Waals surface area contributed by atoms with Gasteiger partial charge in [-0.15, -0.1) is 0 Å². The Bertz CT molecular complexity index is 1010. The lowest BCUT2D eigenvalue weighted by Crippen LogP contribution is -2.39. The summed E-state index contributed by atoms with van der Waals surface area (Å²) in [4.78, 5) is 17.0. The minimum atomic E-state index is 0.423. The van der Waals surface area contributed by atoms with Gasteiger partial charge in [-0.05, 0) is 64.9 Å². The van der Waals surface area contributed by atoms with Gasteiger partial charge < -0.3 is 24.8 Å². The van der Waals surface area contributed by atoms with Crippen molar-refractivity contribution in [1.82, 2.24) is 19.8 Å². The van der Waals surface area contributed by atoms with Gasteiger partial charge in [-0.3, -0.25) is 0 Å². The van der Waals surface area contributed by atoms with E-state index in [1.807, 2.05) is 0 Å². The van der Waals surface area contributed by atoms with Crippen molar-refractivity contribution in [3.63, 3.8) is 0 Å². The molecule has 7 heteroatoms. The van der Waals surface area contributed by atoms with Crippen LogP contribution in [0.2, 0.25) is 0 Å². The van der Waals surface area contributed by atoms with Crippen molar-refractivity contribution in [2.45, 2.75) is 51.5 Å². The predicted molar refractivity (Wildman–Crippen MR) is 141 cm³/mol. The second-order valence-corrected chi connectivity index (χ2v) is 9.70. The van der Waals surface area contributed by atoms with Crippen LogP contribution in [0.15, 0.2) is 12.1 Å². The van der Waals surface area contributed by atoms with Crippen LogP contribution < -0.4 is 15.0 Å². The van der Waals surface area contributed by atoms with Gasteiger partial charge in [-0.2, -0.15) is 4.98 Å². The van der Waals surface area contributed by atoms with E-state index in [4.69, 9.17) is 14.7 Å². The van der Waals surface area contributed by atoms with Gasteiger partial charge in [0.15, 0.2) is 0 Å². The molecule has 2 fully saturated rings. The van der Waals surface area contributed by atoms with E-state index in [-0.39, 0.29) is 0 Å². The summed E-state index contributed by atoms with van der Waals surface area (Å²) in [6.07, 6.45) is 6.76. The highest BCUT2D eigenvalue weighted by Gasteiger charge is 2.22. The first-order chi connectivity index (χ1) is 16.6. The number of hydrogen-bond acceptors (Lipinski definition) is 7. The zero-order valence-corrected chi connectivity index (χ0v) is 21.4. The molecule has 0 radical (unpaired) electrons. The van der Waals surface area contributed by atoms with Crippen molar-refractivity contribution < 1.29 is 4.74 Å². The first-order valence-electron chi connectivity index (χ1n) is 12.8. The molecule has 3 heterocycles. The molecular weight excluding hydrogens is 424 g/mol. The van der Waals surface area contributed by atoms with E-state index in [0.29, 0.717) is 6.04 Å². The summed E-state index contributed by atoms with van der Waals surface area (Å²) in [5, 5.41) is 4.79. The van der Waals surface area contributed by atoms with Crippen LogP contribution >= 0.6 is 0 Å². The molecule has 0 amide bonds. The Morgan fingerprint density at radius 3 is 2.53 bits per heavy atom. The summed E-state index contributed by atoms with van der Waals surface area (Å²) < 4.78 is 5.74. The van der Waals surface area contributed by atoms with E-state index >= 15 is 0 Å². The molecule has 34 heavy (non-hydrogen) atoms. The van der Waals surface area contributed by atoms with Gasteiger partial charge in [-0.25, -0.2) is 4.98 Å². The quantitative estimate of drug-likeness (QED) is 0.625. The number of hydrogen-bond donors (Lipinski definition) is 1. The molecule has 1 aromatic carbocycles. The zero-order valence-electron chi connectivity index (χ0n) is 21.4. The van der Waals surface area contributed by atoms with Crippen molar-refractivity contribution in [2.75, 3.05) is 70.7 Å². The van der Waals surface area contributed by atoms with Crippen molar-refractivity contribution in [3.8, 4) is 17.6 Å². The molecule has 0 atom stereocenters. The number of likely N-dealkylation sites (tertiary alicyclic amines) is 1. The summed E-state index contributed by atoms with van der Waals surface area (Å²) in [5.74, 6) is 9.15. The van der Waals surface area contributed by atoms with Gasteiger partial charge >= 0.3 is 0 Å². The van der Waals surface area contributed by atoms with Crippen LogP contribution in [0.1, 0.15) is 51.0 Å². The van der Waals surface area contributed by atoms with E-state index in [2.05, 4.69) is 65.0 Å². The number of rotatable bonds is 7. The molecule has 1 aromatic heterocycles. The number of aromatic nitrogens is 2. The lowest BCUT2D eigenvalue weighted by atomic mass is 10.0. The second-order valence-electron chi connectivity index (χ2n) is 9.70. The Hall–Kier alpha value is -2.56. The van der Waals surface area contributed by atoms with E-state index in [1.54, 1.807) is 7.11 Å². The number of anilines is 2. The number of methoxy groups -OCH3 is 1. The lowest BCUT2D eigenvalue weighted by molar-refractivity contribution is 0.229. The minimum absolute atomic E-state index is 0.423. The molecule has 0 spiro atoms. The molecule has 0 unspecified atom stereocenters. The third-order valence-electron chi connectivity index (χ3n) is 6.93. The monoisotopic (exact) mass is 464 g/mol. The van der Waals surface area contributed by atoms with Crippen LogP contribution in [-0.4, -0.2) is 86.3 Å². The third kappa shape index (κ3) is 6.11. The molecule has 2 saturated heterocycles. The summed E-state index contributed by atoms with van der Waals surface area (Å²) in [5.41, 5.74) is 1.82. The number of fused-ring (bicyclic) bond motifs is 1. The maximum atomic E-state index is 5.74. The zero-order chi connectivity index (χ0) is 23.9. The summed E-state index contributed by atoms with van der Waals surface area (Å²) >= 11 is 0. The largest absolute Gasteiger partial charge is 0.495 e. The van der Waals surface area contributed by atoms with Crippen molar-refractivity contribution in [1.29, 1.82) is 0 Å². The van der Waals surface area contributed by atoms with Crippen LogP contribution in [0.3, 0.4) is 0 Å². The van der Waals surface area contributed by atoms with E-state index in [9.17, 15) is 0 Å². The summed E-state index contributed by atoms with van der Waals surface area (Å²) in [6.45, 7) is 8.61. The topological polar surface area (TPSA) is 56.8 Å². The molecular formula is C27H40N6O. The first-order valence-corrected chi connectivity index (χ1v) is 12.8. The molecule has 0 aliphatic carbocycles. The highest BCUT2D eigenvalue weighted by molar-refractivity contribution is 5.92. The van der Waals surface area contributed by atoms with E-state index in [1.165, 1.54) is 19.3 Å². The number of ether oxygens (including phenoxy) is 1. The third-order valence-corrected chi connectivity index (χ3v) is 6.93. The highest BCUT2D eigenvalue weighted by Crippen LogP contribution is 2.32. The lowest BCUT2D eigenvalue weighted by Gasteiger charge is -2.32. The Morgan fingerprint density at radius 2 is 1.85 bits per heavy atom. The van der Waals surface area contributed by atoms with Crippen molar-refractivity contribution in [3.05, 3.63) is 17.7 Å². The molecule has 2 aliphatic rings. The maximum Gasteiger partial charge on any atom is 0.227 e. The average Bonchev–Trinajstić information content (AvgIpc) is 2.87. The molecule has 2 aliphatic heterocycles. The van der Waals surface area contributed by atoms with Crippen LogP contribution in [-0.2, 0) is 0 Å². The number of piperidine rings is 2. The van der Waals surface area contributed by atoms with E-state index in [0.717, 1.165) is 92.5 Å². The fourth-order valence-corrected chi connectivity index (χ4v) is 4.78. The Balaban J connectivity index is 1.69. The normalized spacial score (nSPS) is 17.6. The number of nitrogens with zero attached hydrogens (tertiary/aromatic N) is 5. The van der Waals surface area contributed by atoms with Gasteiger partial charge in [0.25, 0.3) is 0 Å². The molecule has 7 nitrogen and oxygen atoms in total. The predicted octanol–water partition coefficient (Wildman–Crippen LogP) is 3.83. The molecule has 0 saturated carbocycles. The number of nitrogens with one attached hydrogen (secondary N) is 1. The van der Waals surface area contributed by atoms with Crippen LogP contribution in [0, 0.1) is 11.8 Å². The van der Waals surface area contributed by atoms with Crippen LogP contribution in [0.25, 0.3) is 10.9 Å². The van der Waals surface area contributed by atoms with Gasteiger partial charge in [0.05, 0.1) is 18.2 Å². The SMILES string of the molecule is CCN1CCC(Nc2nc(N3CCCCC3)nc3cc(C#CCCN(C)C)c(OC)cc23)CC1. The smallest absolute Gasteiger partial charge is 0.227 e. The van der Waals surface area contributed by atoms with Crippen LogP contribution in [0.5, 0.6) is 5.75 Å². The first kappa shape index (κ1) is 24.6. The van der Waals surface area contributed by atoms with Gasteiger partial charge in [-0.1, -0.05) is 18.8 Å². The maximum absolute atomic E-state index is 5.74. The van der Waals surface area contributed by atoms with Gasteiger partial charge in [0.1, 0.15) is 11.6 Å². The van der Waals surface area contributed by atoms with Gasteiger partial charge in [0.2, 0.25) is 5.95 Å². The second kappa shape index (κ2) is 11.7. The van der Waals surface area contributed by atoms with Gasteiger partial charge in [0, 0.05) is 50.6 Å².